The van der Waals surface area contributed by atoms with Gasteiger partial charge in [0, 0.05) is 19.1 Å². The van der Waals surface area contributed by atoms with Crippen LogP contribution < -0.4 is 5.32 Å². The number of likely N-dealkylation sites (tertiary alicyclic amines) is 1. The topological polar surface area (TPSA) is 69.6 Å². The van der Waals surface area contributed by atoms with Crippen LogP contribution >= 0.6 is 0 Å². The molecule has 2 unspecified atom stereocenters. The van der Waals surface area contributed by atoms with Gasteiger partial charge in [-0.25, -0.2) is 4.79 Å². The smallest absolute Gasteiger partial charge is 0.317 e. The lowest BCUT2D eigenvalue weighted by molar-refractivity contribution is -0.143. The molecule has 1 saturated heterocycles. The molecule has 0 aliphatic carbocycles. The lowest BCUT2D eigenvalue weighted by Gasteiger charge is -2.36. The Labute approximate surface area is 89.4 Å². The van der Waals surface area contributed by atoms with Crippen LogP contribution in [0, 0.1) is 5.92 Å². The van der Waals surface area contributed by atoms with Crippen LogP contribution in [-0.4, -0.2) is 41.1 Å². The van der Waals surface area contributed by atoms with Gasteiger partial charge in [-0.15, -0.1) is 0 Å². The molecule has 1 aliphatic rings. The number of urea groups is 1. The molecule has 5 heteroatoms. The maximum absolute atomic E-state index is 11.6. The summed E-state index contributed by atoms with van der Waals surface area (Å²) in [5.74, 6) is -1.22. The predicted molar refractivity (Wildman–Crippen MR) is 55.6 cm³/mol. The van der Waals surface area contributed by atoms with Crippen LogP contribution in [-0.2, 0) is 4.79 Å². The van der Waals surface area contributed by atoms with Gasteiger partial charge in [0.15, 0.2) is 0 Å². The van der Waals surface area contributed by atoms with Gasteiger partial charge in [0.1, 0.15) is 0 Å². The minimum Gasteiger partial charge on any atom is -0.481 e. The number of carbonyl (C=O) groups excluding carboxylic acids is 1. The third-order valence-electron chi connectivity index (χ3n) is 2.82. The third-order valence-corrected chi connectivity index (χ3v) is 2.82. The number of rotatable bonds is 2. The summed E-state index contributed by atoms with van der Waals surface area (Å²) in [5, 5.41) is 11.6. The van der Waals surface area contributed by atoms with Crippen LogP contribution in [0.5, 0.6) is 0 Å². The molecule has 1 heterocycles. The van der Waals surface area contributed by atoms with E-state index >= 15 is 0 Å². The van der Waals surface area contributed by atoms with Crippen molar-refractivity contribution < 1.29 is 14.7 Å². The molecule has 0 radical (unpaired) electrons. The van der Waals surface area contributed by atoms with E-state index in [1.807, 2.05) is 13.8 Å². The molecule has 0 bridgehead atoms. The summed E-state index contributed by atoms with van der Waals surface area (Å²) < 4.78 is 0. The largest absolute Gasteiger partial charge is 0.481 e. The van der Waals surface area contributed by atoms with E-state index in [0.717, 1.165) is 6.42 Å². The summed E-state index contributed by atoms with van der Waals surface area (Å²) in [5.41, 5.74) is 0. The SMILES string of the molecule is CCNC(=O)N1CC(C(=O)O)CCC1C. The monoisotopic (exact) mass is 214 g/mol. The molecule has 2 N–H and O–H groups in total. The second-order valence-corrected chi connectivity index (χ2v) is 3.95. The molecular formula is C10H18N2O3. The number of carboxylic acid groups (broad SMARTS) is 1. The Balaban J connectivity index is 2.60. The minimum absolute atomic E-state index is 0.132. The number of nitrogens with zero attached hydrogens (tertiary/aromatic N) is 1. The summed E-state index contributed by atoms with van der Waals surface area (Å²) in [4.78, 5) is 24.0. The van der Waals surface area contributed by atoms with Crippen molar-refractivity contribution in [1.29, 1.82) is 0 Å². The molecule has 2 atom stereocenters. The molecule has 0 aromatic heterocycles. The maximum Gasteiger partial charge on any atom is 0.317 e. The van der Waals surface area contributed by atoms with Crippen molar-refractivity contribution in [1.82, 2.24) is 10.2 Å². The predicted octanol–water partition coefficient (Wildman–Crippen LogP) is 0.901. The van der Waals surface area contributed by atoms with E-state index in [-0.39, 0.29) is 12.1 Å². The first-order valence-electron chi connectivity index (χ1n) is 5.33. The summed E-state index contributed by atoms with van der Waals surface area (Å²) in [6.45, 7) is 4.69. The highest BCUT2D eigenvalue weighted by Crippen LogP contribution is 2.21. The van der Waals surface area contributed by atoms with Gasteiger partial charge in [0.2, 0.25) is 0 Å². The van der Waals surface area contributed by atoms with E-state index in [2.05, 4.69) is 5.32 Å². The highest BCUT2D eigenvalue weighted by molar-refractivity contribution is 5.76. The Hall–Kier alpha value is -1.26. The zero-order valence-corrected chi connectivity index (χ0v) is 9.19. The minimum atomic E-state index is -0.809. The van der Waals surface area contributed by atoms with E-state index in [9.17, 15) is 9.59 Å². The average Bonchev–Trinajstić information content (AvgIpc) is 2.18. The molecule has 1 fully saturated rings. The Kier molecular flexibility index (Phi) is 3.94. The molecule has 1 rings (SSSR count). The first-order chi connectivity index (χ1) is 7.06. The van der Waals surface area contributed by atoms with Gasteiger partial charge in [-0.1, -0.05) is 0 Å². The van der Waals surface area contributed by atoms with Gasteiger partial charge >= 0.3 is 12.0 Å². The van der Waals surface area contributed by atoms with Gasteiger partial charge in [0.25, 0.3) is 0 Å². The second-order valence-electron chi connectivity index (χ2n) is 3.95. The van der Waals surface area contributed by atoms with Crippen LogP contribution in [0.4, 0.5) is 4.79 Å². The van der Waals surface area contributed by atoms with Crippen LogP contribution in [0.2, 0.25) is 0 Å². The van der Waals surface area contributed by atoms with Crippen molar-refractivity contribution in [3.63, 3.8) is 0 Å². The Morgan fingerprint density at radius 2 is 2.13 bits per heavy atom. The van der Waals surface area contributed by atoms with E-state index in [1.165, 1.54) is 0 Å². The number of nitrogens with one attached hydrogen (secondary N) is 1. The standard InChI is InChI=1S/C10H18N2O3/c1-3-11-10(15)12-6-8(9(13)14)5-4-7(12)2/h7-8H,3-6H2,1-2H3,(H,11,15)(H,13,14). The fourth-order valence-electron chi connectivity index (χ4n) is 1.84. The summed E-state index contributed by atoms with van der Waals surface area (Å²) >= 11 is 0. The number of piperidine rings is 1. The maximum atomic E-state index is 11.6. The molecule has 0 spiro atoms. The summed E-state index contributed by atoms with van der Waals surface area (Å²) in [6.07, 6.45) is 1.42. The van der Waals surface area contributed by atoms with E-state index in [0.29, 0.717) is 19.5 Å². The number of carboxylic acids is 1. The normalized spacial score (nSPS) is 26.1. The fraction of sp³-hybridized carbons (Fsp3) is 0.800. The highest BCUT2D eigenvalue weighted by atomic mass is 16.4. The van der Waals surface area contributed by atoms with Crippen molar-refractivity contribution in [2.24, 2.45) is 5.92 Å². The zero-order valence-electron chi connectivity index (χ0n) is 9.19. The molecule has 5 nitrogen and oxygen atoms in total. The average molecular weight is 214 g/mol. The lowest BCUT2D eigenvalue weighted by Crippen LogP contribution is -2.51. The molecule has 0 saturated carbocycles. The first-order valence-corrected chi connectivity index (χ1v) is 5.33. The zero-order chi connectivity index (χ0) is 11.4. The Bertz CT molecular complexity index is 255. The van der Waals surface area contributed by atoms with Gasteiger partial charge < -0.3 is 15.3 Å². The van der Waals surface area contributed by atoms with Crippen LogP contribution in [0.15, 0.2) is 0 Å². The lowest BCUT2D eigenvalue weighted by atomic mass is 9.94. The van der Waals surface area contributed by atoms with Crippen molar-refractivity contribution >= 4 is 12.0 Å². The number of hydrogen-bond donors (Lipinski definition) is 2. The molecule has 1 aliphatic heterocycles. The summed E-state index contributed by atoms with van der Waals surface area (Å²) in [6, 6.07) is -0.0249. The van der Waals surface area contributed by atoms with Crippen LogP contribution in [0.3, 0.4) is 0 Å². The van der Waals surface area contributed by atoms with Crippen LogP contribution in [0.25, 0.3) is 0 Å². The number of aliphatic carboxylic acids is 1. The summed E-state index contributed by atoms with van der Waals surface area (Å²) in [7, 11) is 0. The first kappa shape index (κ1) is 11.8. The van der Waals surface area contributed by atoms with Crippen molar-refractivity contribution in [3.8, 4) is 0 Å². The highest BCUT2D eigenvalue weighted by Gasteiger charge is 2.32. The molecule has 86 valence electrons. The van der Waals surface area contributed by atoms with Gasteiger partial charge in [0.05, 0.1) is 5.92 Å². The van der Waals surface area contributed by atoms with Crippen LogP contribution in [0.1, 0.15) is 26.7 Å². The van der Waals surface area contributed by atoms with Crippen molar-refractivity contribution in [2.45, 2.75) is 32.7 Å². The van der Waals surface area contributed by atoms with E-state index < -0.39 is 11.9 Å². The molecule has 0 aromatic carbocycles. The van der Waals surface area contributed by atoms with Crippen molar-refractivity contribution in [3.05, 3.63) is 0 Å². The molecular weight excluding hydrogens is 196 g/mol. The number of carbonyl (C=O) groups is 2. The number of hydrogen-bond acceptors (Lipinski definition) is 2. The molecule has 2 amide bonds. The third kappa shape index (κ3) is 2.84. The second kappa shape index (κ2) is 5.00. The quantitative estimate of drug-likeness (QED) is 0.717. The Morgan fingerprint density at radius 3 is 2.67 bits per heavy atom. The van der Waals surface area contributed by atoms with E-state index in [1.54, 1.807) is 4.90 Å². The van der Waals surface area contributed by atoms with Gasteiger partial charge in [-0.05, 0) is 26.7 Å². The van der Waals surface area contributed by atoms with E-state index in [4.69, 9.17) is 5.11 Å². The van der Waals surface area contributed by atoms with Gasteiger partial charge in [-0.3, -0.25) is 4.79 Å². The van der Waals surface area contributed by atoms with Crippen molar-refractivity contribution in [2.75, 3.05) is 13.1 Å². The van der Waals surface area contributed by atoms with Gasteiger partial charge in [-0.2, -0.15) is 0 Å². The fourth-order valence-corrected chi connectivity index (χ4v) is 1.84. The Morgan fingerprint density at radius 1 is 1.47 bits per heavy atom. The molecule has 15 heavy (non-hydrogen) atoms. The number of amides is 2. The molecule has 0 aromatic rings.